The van der Waals surface area contributed by atoms with E-state index in [1.54, 1.807) is 0 Å². The van der Waals surface area contributed by atoms with Gasteiger partial charge in [-0.25, -0.2) is 0 Å². The van der Waals surface area contributed by atoms with E-state index in [1.165, 1.54) is 5.92 Å². The maximum absolute atomic E-state index is 11.1. The van der Waals surface area contributed by atoms with Crippen LogP contribution in [-0.4, -0.2) is 29.8 Å². The van der Waals surface area contributed by atoms with Gasteiger partial charge in [0.15, 0.2) is 0 Å². The number of carbonyl (C=O) groups is 1. The predicted molar refractivity (Wildman–Crippen MR) is 49.9 cm³/mol. The fourth-order valence-corrected chi connectivity index (χ4v) is 1.69. The van der Waals surface area contributed by atoms with Crippen LogP contribution in [0.25, 0.3) is 0 Å². The van der Waals surface area contributed by atoms with Crippen molar-refractivity contribution in [3.05, 3.63) is 5.92 Å². The highest BCUT2D eigenvalue weighted by molar-refractivity contribution is 5.79. The maximum Gasteiger partial charge on any atom is 0.135 e. The molecule has 0 amide bonds. The first kappa shape index (κ1) is 9.72. The number of hydrogen-bond donors (Lipinski definition) is 0. The van der Waals surface area contributed by atoms with Crippen LogP contribution in [0.4, 0.5) is 0 Å². The Morgan fingerprint density at radius 2 is 2.25 bits per heavy atom. The highest BCUT2D eigenvalue weighted by Gasteiger charge is 2.23. The zero-order valence-electron chi connectivity index (χ0n) is 8.26. The first-order valence-electron chi connectivity index (χ1n) is 4.64. The van der Waals surface area contributed by atoms with Crippen LogP contribution in [0.2, 0.25) is 0 Å². The number of carbonyl (C=O) groups excluding carboxylic acids is 1. The normalized spacial score (nSPS) is 26.7. The van der Waals surface area contributed by atoms with E-state index < -0.39 is 0 Å². The lowest BCUT2D eigenvalue weighted by molar-refractivity contribution is -0.122. The van der Waals surface area contributed by atoms with Gasteiger partial charge in [-0.1, -0.05) is 13.8 Å². The van der Waals surface area contributed by atoms with Crippen molar-refractivity contribution in [2.75, 3.05) is 13.1 Å². The van der Waals surface area contributed by atoms with Gasteiger partial charge in [-0.3, -0.25) is 9.69 Å². The molecule has 1 aliphatic heterocycles. The second-order valence-corrected chi connectivity index (χ2v) is 4.02. The molecule has 0 aromatic carbocycles. The van der Waals surface area contributed by atoms with E-state index in [1.807, 2.05) is 0 Å². The number of nitrogens with zero attached hydrogens (tertiary/aromatic N) is 1. The molecule has 0 aromatic rings. The number of hydrogen-bond acceptors (Lipinski definition) is 2. The summed E-state index contributed by atoms with van der Waals surface area (Å²) in [4.78, 5) is 13.5. The zero-order valence-corrected chi connectivity index (χ0v) is 8.26. The van der Waals surface area contributed by atoms with Crippen LogP contribution in [-0.2, 0) is 4.79 Å². The van der Waals surface area contributed by atoms with E-state index >= 15 is 0 Å². The minimum absolute atomic E-state index is 0.424. The van der Waals surface area contributed by atoms with Crippen LogP contribution in [0.1, 0.15) is 33.6 Å². The number of rotatable bonds is 2. The predicted octanol–water partition coefficient (Wildman–Crippen LogP) is 1.65. The second-order valence-electron chi connectivity index (χ2n) is 4.02. The van der Waals surface area contributed by atoms with Crippen molar-refractivity contribution in [3.63, 3.8) is 0 Å². The molecule has 0 N–H and O–H groups in total. The molecule has 1 heterocycles. The van der Waals surface area contributed by atoms with Gasteiger partial charge in [0.25, 0.3) is 0 Å². The van der Waals surface area contributed by atoms with Gasteiger partial charge in [0, 0.05) is 32.0 Å². The largest absolute Gasteiger partial charge is 0.300 e. The van der Waals surface area contributed by atoms with Gasteiger partial charge >= 0.3 is 0 Å². The van der Waals surface area contributed by atoms with E-state index in [4.69, 9.17) is 0 Å². The summed E-state index contributed by atoms with van der Waals surface area (Å²) in [7, 11) is 0. The standard InChI is InChI=1S/C10H18NO/c1-8(2)7-11-5-4-10(12)6-9(11)3/h9H,4-7H2,1-3H3/t9-/m0/s1. The van der Waals surface area contributed by atoms with Gasteiger partial charge < -0.3 is 0 Å². The Morgan fingerprint density at radius 3 is 2.75 bits per heavy atom. The van der Waals surface area contributed by atoms with Crippen molar-refractivity contribution in [2.45, 2.75) is 39.7 Å². The van der Waals surface area contributed by atoms with Crippen LogP contribution >= 0.6 is 0 Å². The molecule has 0 spiro atoms. The summed E-state index contributed by atoms with van der Waals surface area (Å²) >= 11 is 0. The molecule has 1 rings (SSSR count). The summed E-state index contributed by atoms with van der Waals surface area (Å²) in [5, 5.41) is 0. The average molecular weight is 168 g/mol. The van der Waals surface area contributed by atoms with Crippen molar-refractivity contribution in [1.82, 2.24) is 4.90 Å². The van der Waals surface area contributed by atoms with Crippen molar-refractivity contribution in [2.24, 2.45) is 0 Å². The lowest BCUT2D eigenvalue weighted by atomic mass is 10.0. The van der Waals surface area contributed by atoms with Gasteiger partial charge in [0.2, 0.25) is 0 Å². The molecule has 2 heteroatoms. The third-order valence-corrected chi connectivity index (χ3v) is 2.34. The van der Waals surface area contributed by atoms with Gasteiger partial charge in [0.05, 0.1) is 0 Å². The zero-order chi connectivity index (χ0) is 9.14. The van der Waals surface area contributed by atoms with E-state index in [0.29, 0.717) is 11.8 Å². The smallest absolute Gasteiger partial charge is 0.135 e. The van der Waals surface area contributed by atoms with E-state index in [9.17, 15) is 4.79 Å². The Bertz CT molecular complexity index is 165. The summed E-state index contributed by atoms with van der Waals surface area (Å²) in [6.07, 6.45) is 1.49. The van der Waals surface area contributed by atoms with Crippen molar-refractivity contribution < 1.29 is 4.79 Å². The van der Waals surface area contributed by atoms with Crippen molar-refractivity contribution in [1.29, 1.82) is 0 Å². The number of likely N-dealkylation sites (tertiary alicyclic amines) is 1. The number of Topliss-reactive ketones (excluding diaryl/α,β-unsaturated/α-hetero) is 1. The molecule has 1 saturated heterocycles. The Kier molecular flexibility index (Phi) is 3.27. The van der Waals surface area contributed by atoms with Crippen LogP contribution in [0, 0.1) is 5.92 Å². The van der Waals surface area contributed by atoms with Crippen LogP contribution < -0.4 is 0 Å². The minimum Gasteiger partial charge on any atom is -0.300 e. The molecule has 0 aromatic heterocycles. The topological polar surface area (TPSA) is 20.3 Å². The summed E-state index contributed by atoms with van der Waals surface area (Å²) in [5.74, 6) is 1.85. The lowest BCUT2D eigenvalue weighted by Gasteiger charge is -2.33. The molecule has 1 fully saturated rings. The molecule has 1 atom stereocenters. The van der Waals surface area contributed by atoms with Crippen LogP contribution in [0.3, 0.4) is 0 Å². The number of ketones is 1. The minimum atomic E-state index is 0.424. The first-order valence-corrected chi connectivity index (χ1v) is 4.64. The fourth-order valence-electron chi connectivity index (χ4n) is 1.69. The summed E-state index contributed by atoms with van der Waals surface area (Å²) < 4.78 is 0. The summed E-state index contributed by atoms with van der Waals surface area (Å²) in [5.41, 5.74) is 0. The molecular formula is C10H18NO. The van der Waals surface area contributed by atoms with Gasteiger partial charge in [-0.2, -0.15) is 0 Å². The van der Waals surface area contributed by atoms with Crippen molar-refractivity contribution >= 4 is 5.78 Å². The average Bonchev–Trinajstić information content (AvgIpc) is 1.94. The third kappa shape index (κ3) is 2.59. The molecule has 1 aliphatic rings. The second kappa shape index (κ2) is 4.04. The molecule has 69 valence electrons. The Labute approximate surface area is 74.9 Å². The molecule has 0 unspecified atom stereocenters. The van der Waals surface area contributed by atoms with Gasteiger partial charge in [0.1, 0.15) is 5.78 Å². The highest BCUT2D eigenvalue weighted by atomic mass is 16.1. The third-order valence-electron chi connectivity index (χ3n) is 2.34. The summed E-state index contributed by atoms with van der Waals surface area (Å²) in [6.45, 7) is 8.42. The SMILES string of the molecule is C[C](C)CN1CCC(=O)C[C@@H]1C. The maximum atomic E-state index is 11.1. The highest BCUT2D eigenvalue weighted by Crippen LogP contribution is 2.15. The van der Waals surface area contributed by atoms with Crippen molar-refractivity contribution in [3.8, 4) is 0 Å². The Balaban J connectivity index is 2.39. The van der Waals surface area contributed by atoms with E-state index in [0.717, 1.165) is 25.9 Å². The lowest BCUT2D eigenvalue weighted by Crippen LogP contribution is -2.42. The molecule has 0 bridgehead atoms. The van der Waals surface area contributed by atoms with Crippen LogP contribution in [0.15, 0.2) is 0 Å². The Morgan fingerprint density at radius 1 is 1.58 bits per heavy atom. The van der Waals surface area contributed by atoms with Gasteiger partial charge in [-0.05, 0) is 12.8 Å². The van der Waals surface area contributed by atoms with Gasteiger partial charge in [-0.15, -0.1) is 0 Å². The fraction of sp³-hybridized carbons (Fsp3) is 0.800. The van der Waals surface area contributed by atoms with Crippen LogP contribution in [0.5, 0.6) is 0 Å². The quantitative estimate of drug-likeness (QED) is 0.625. The number of piperidine rings is 1. The first-order chi connectivity index (χ1) is 5.59. The summed E-state index contributed by atoms with van der Waals surface area (Å²) in [6, 6.07) is 0.446. The molecular weight excluding hydrogens is 150 g/mol. The molecule has 2 nitrogen and oxygen atoms in total. The monoisotopic (exact) mass is 168 g/mol. The molecule has 0 aliphatic carbocycles. The van der Waals surface area contributed by atoms with E-state index in [-0.39, 0.29) is 0 Å². The Hall–Kier alpha value is -0.370. The molecule has 0 saturated carbocycles. The molecule has 12 heavy (non-hydrogen) atoms. The molecule has 1 radical (unpaired) electrons. The van der Waals surface area contributed by atoms with E-state index in [2.05, 4.69) is 25.7 Å².